The van der Waals surface area contributed by atoms with Gasteiger partial charge in [0.15, 0.2) is 5.65 Å². The lowest BCUT2D eigenvalue weighted by atomic mass is 9.98. The van der Waals surface area contributed by atoms with Gasteiger partial charge in [-0.05, 0) is 32.8 Å². The summed E-state index contributed by atoms with van der Waals surface area (Å²) in [7, 11) is 0. The maximum Gasteiger partial charge on any atom is 0.156 e. The van der Waals surface area contributed by atoms with Crippen LogP contribution >= 0.6 is 0 Å². The number of nitrogens with zero attached hydrogens (tertiary/aromatic N) is 4. The Morgan fingerprint density at radius 1 is 1.14 bits per heavy atom. The highest BCUT2D eigenvalue weighted by Gasteiger charge is 2.06. The third kappa shape index (κ3) is 3.09. The Bertz CT molecular complexity index is 830. The molecule has 0 N–H and O–H groups in total. The largest absolute Gasteiger partial charge is 0.264 e. The average molecular weight is 276 g/mol. The minimum absolute atomic E-state index is 0.0376. The van der Waals surface area contributed by atoms with Crippen molar-refractivity contribution in [3.8, 4) is 23.0 Å². The van der Waals surface area contributed by atoms with Crippen LogP contribution in [0.4, 0.5) is 0 Å². The second-order valence-corrected chi connectivity index (χ2v) is 5.92. The predicted molar refractivity (Wildman–Crippen MR) is 82.6 cm³/mol. The summed E-state index contributed by atoms with van der Waals surface area (Å²) in [6.07, 6.45) is 7.34. The Hall–Kier alpha value is -2.67. The first-order chi connectivity index (χ1) is 10.0. The number of hydrogen-bond donors (Lipinski definition) is 0. The highest BCUT2D eigenvalue weighted by molar-refractivity contribution is 5.62. The molecule has 0 spiro atoms. The van der Waals surface area contributed by atoms with Crippen molar-refractivity contribution in [1.82, 2.24) is 19.6 Å². The SMILES string of the molecule is CC(C)(C)C#Cc1cc2ncc(-c3cccnc3)cn2n1. The molecular weight excluding hydrogens is 260 g/mol. The van der Waals surface area contributed by atoms with E-state index in [1.807, 2.05) is 36.8 Å². The van der Waals surface area contributed by atoms with Gasteiger partial charge in [-0.15, -0.1) is 0 Å². The molecule has 3 aromatic rings. The Balaban J connectivity index is 2.01. The van der Waals surface area contributed by atoms with Gasteiger partial charge in [0.2, 0.25) is 0 Å². The third-order valence-corrected chi connectivity index (χ3v) is 2.87. The molecule has 21 heavy (non-hydrogen) atoms. The molecular formula is C17H16N4. The van der Waals surface area contributed by atoms with Crippen molar-refractivity contribution in [3.63, 3.8) is 0 Å². The Kier molecular flexibility index (Phi) is 3.19. The molecule has 0 atom stereocenters. The van der Waals surface area contributed by atoms with Gasteiger partial charge in [0, 0.05) is 47.4 Å². The van der Waals surface area contributed by atoms with Crippen molar-refractivity contribution in [2.45, 2.75) is 20.8 Å². The molecule has 0 aliphatic rings. The molecule has 0 aliphatic heterocycles. The number of aromatic nitrogens is 4. The van der Waals surface area contributed by atoms with Gasteiger partial charge in [-0.2, -0.15) is 5.10 Å². The summed E-state index contributed by atoms with van der Waals surface area (Å²) in [5, 5.41) is 4.46. The highest BCUT2D eigenvalue weighted by Crippen LogP contribution is 2.17. The van der Waals surface area contributed by atoms with Crippen LogP contribution in [0.1, 0.15) is 26.5 Å². The molecule has 104 valence electrons. The topological polar surface area (TPSA) is 43.1 Å². The summed E-state index contributed by atoms with van der Waals surface area (Å²) in [6.45, 7) is 6.23. The fourth-order valence-corrected chi connectivity index (χ4v) is 1.87. The van der Waals surface area contributed by atoms with Gasteiger partial charge in [-0.1, -0.05) is 12.0 Å². The summed E-state index contributed by atoms with van der Waals surface area (Å²) >= 11 is 0. The van der Waals surface area contributed by atoms with Gasteiger partial charge in [-0.25, -0.2) is 9.50 Å². The van der Waals surface area contributed by atoms with E-state index in [1.54, 1.807) is 10.7 Å². The van der Waals surface area contributed by atoms with Crippen LogP contribution in [0.15, 0.2) is 43.0 Å². The lowest BCUT2D eigenvalue weighted by Gasteiger charge is -2.05. The molecule has 3 heterocycles. The van der Waals surface area contributed by atoms with Crippen LogP contribution in [0.3, 0.4) is 0 Å². The monoisotopic (exact) mass is 276 g/mol. The maximum absolute atomic E-state index is 4.46. The number of hydrogen-bond acceptors (Lipinski definition) is 3. The summed E-state index contributed by atoms with van der Waals surface area (Å²) < 4.78 is 1.76. The molecule has 4 heteroatoms. The Morgan fingerprint density at radius 2 is 2.00 bits per heavy atom. The molecule has 4 nitrogen and oxygen atoms in total. The Labute approximate surface area is 123 Å². The van der Waals surface area contributed by atoms with E-state index in [0.29, 0.717) is 0 Å². The van der Waals surface area contributed by atoms with Gasteiger partial charge in [0.25, 0.3) is 0 Å². The van der Waals surface area contributed by atoms with Crippen LogP contribution in [-0.2, 0) is 0 Å². The lowest BCUT2D eigenvalue weighted by molar-refractivity contribution is 0.571. The van der Waals surface area contributed by atoms with E-state index in [1.165, 1.54) is 0 Å². The zero-order valence-corrected chi connectivity index (χ0v) is 12.3. The lowest BCUT2D eigenvalue weighted by Crippen LogP contribution is -1.99. The molecule has 0 radical (unpaired) electrons. The van der Waals surface area contributed by atoms with E-state index < -0.39 is 0 Å². The van der Waals surface area contributed by atoms with Crippen LogP contribution < -0.4 is 0 Å². The van der Waals surface area contributed by atoms with Crippen LogP contribution in [0.2, 0.25) is 0 Å². The number of fused-ring (bicyclic) bond motifs is 1. The standard InChI is InChI=1S/C17H16N4/c1-17(2,3)7-6-15-9-16-19-11-14(12-21(16)20-15)13-5-4-8-18-10-13/h4-5,8-12H,1-3H3. The summed E-state index contributed by atoms with van der Waals surface area (Å²) in [5.74, 6) is 6.28. The summed E-state index contributed by atoms with van der Waals surface area (Å²) in [6, 6.07) is 5.80. The zero-order valence-electron chi connectivity index (χ0n) is 12.3. The van der Waals surface area contributed by atoms with E-state index in [4.69, 9.17) is 0 Å². The normalized spacial score (nSPS) is 11.2. The van der Waals surface area contributed by atoms with Crippen molar-refractivity contribution < 1.29 is 0 Å². The zero-order chi connectivity index (χ0) is 14.9. The smallest absolute Gasteiger partial charge is 0.156 e. The number of pyridine rings is 1. The molecule has 0 fully saturated rings. The Morgan fingerprint density at radius 3 is 2.71 bits per heavy atom. The van der Waals surface area contributed by atoms with Crippen molar-refractivity contribution in [1.29, 1.82) is 0 Å². The summed E-state index contributed by atoms with van der Waals surface area (Å²) in [5.41, 5.74) is 3.49. The van der Waals surface area contributed by atoms with Crippen LogP contribution in [0.5, 0.6) is 0 Å². The molecule has 0 unspecified atom stereocenters. The van der Waals surface area contributed by atoms with Crippen molar-refractivity contribution in [2.24, 2.45) is 5.41 Å². The van der Waals surface area contributed by atoms with E-state index in [2.05, 4.69) is 47.7 Å². The quantitative estimate of drug-likeness (QED) is 0.641. The molecule has 0 saturated heterocycles. The fourth-order valence-electron chi connectivity index (χ4n) is 1.87. The van der Waals surface area contributed by atoms with Gasteiger partial charge < -0.3 is 0 Å². The summed E-state index contributed by atoms with van der Waals surface area (Å²) in [4.78, 5) is 8.55. The minimum Gasteiger partial charge on any atom is -0.264 e. The molecule has 0 aliphatic carbocycles. The van der Waals surface area contributed by atoms with Gasteiger partial charge in [0.05, 0.1) is 0 Å². The first kappa shape index (κ1) is 13.3. The van der Waals surface area contributed by atoms with Crippen molar-refractivity contribution in [3.05, 3.63) is 48.7 Å². The fraction of sp³-hybridized carbons (Fsp3) is 0.235. The molecule has 0 aromatic carbocycles. The predicted octanol–water partition coefficient (Wildman–Crippen LogP) is 3.19. The first-order valence-electron chi connectivity index (χ1n) is 6.80. The molecule has 3 aromatic heterocycles. The van der Waals surface area contributed by atoms with Crippen LogP contribution in [0, 0.1) is 17.3 Å². The molecule has 0 bridgehead atoms. The van der Waals surface area contributed by atoms with E-state index >= 15 is 0 Å². The molecule has 3 rings (SSSR count). The van der Waals surface area contributed by atoms with Gasteiger partial charge in [-0.3, -0.25) is 4.98 Å². The van der Waals surface area contributed by atoms with Crippen LogP contribution in [0.25, 0.3) is 16.8 Å². The van der Waals surface area contributed by atoms with Crippen molar-refractivity contribution >= 4 is 5.65 Å². The second-order valence-electron chi connectivity index (χ2n) is 5.92. The van der Waals surface area contributed by atoms with E-state index in [0.717, 1.165) is 22.5 Å². The van der Waals surface area contributed by atoms with Crippen LogP contribution in [-0.4, -0.2) is 19.6 Å². The van der Waals surface area contributed by atoms with Crippen molar-refractivity contribution in [2.75, 3.05) is 0 Å². The average Bonchev–Trinajstić information content (AvgIpc) is 2.87. The highest BCUT2D eigenvalue weighted by atomic mass is 15.2. The first-order valence-corrected chi connectivity index (χ1v) is 6.80. The molecule has 0 saturated carbocycles. The van der Waals surface area contributed by atoms with Gasteiger partial charge in [0.1, 0.15) is 5.69 Å². The minimum atomic E-state index is -0.0376. The second kappa shape index (κ2) is 5.02. The third-order valence-electron chi connectivity index (χ3n) is 2.87. The van der Waals surface area contributed by atoms with E-state index in [9.17, 15) is 0 Å². The van der Waals surface area contributed by atoms with Gasteiger partial charge >= 0.3 is 0 Å². The molecule has 0 amide bonds. The maximum atomic E-state index is 4.46. The number of rotatable bonds is 1. The van der Waals surface area contributed by atoms with E-state index in [-0.39, 0.29) is 5.41 Å².